The van der Waals surface area contributed by atoms with Gasteiger partial charge in [-0.25, -0.2) is 4.98 Å². The monoisotopic (exact) mass is 418 g/mol. The fourth-order valence-corrected chi connectivity index (χ4v) is 3.55. The number of nitrogens with zero attached hydrogens (tertiary/aromatic N) is 5. The highest BCUT2D eigenvalue weighted by atomic mass is 19.4. The average Bonchev–Trinajstić information content (AvgIpc) is 3.06. The molecular formula is C19H33F3N6O. The zero-order chi connectivity index (χ0) is 21.7. The van der Waals surface area contributed by atoms with Crippen LogP contribution in [0.15, 0.2) is 17.4 Å². The normalized spacial score (nSPS) is 18.9. The molecule has 1 fully saturated rings. The molecule has 1 aliphatic rings. The largest absolute Gasteiger partial charge is 0.424 e. The maximum atomic E-state index is 13.6. The standard InChI is InChI=1S/C19H33F3N6O/c1-5-23-17(28-12-10-27(11-13-28)14-15(2)3)25-7-6-18(29,19(20,21)22)16-24-8-9-26(16)4/h8-9,15,29H,5-7,10-14H2,1-4H3,(H,23,25). The van der Waals surface area contributed by atoms with Crippen LogP contribution in [0.4, 0.5) is 13.2 Å². The van der Waals surface area contributed by atoms with Crippen LogP contribution < -0.4 is 5.32 Å². The Kier molecular flexibility index (Phi) is 7.93. The number of alkyl halides is 3. The molecule has 1 aromatic rings. The number of aliphatic imine (C=N–C) groups is 1. The minimum absolute atomic E-state index is 0.169. The van der Waals surface area contributed by atoms with Crippen molar-refractivity contribution in [3.05, 3.63) is 18.2 Å². The summed E-state index contributed by atoms with van der Waals surface area (Å²) in [6, 6.07) is 0. The lowest BCUT2D eigenvalue weighted by molar-refractivity contribution is -0.272. The van der Waals surface area contributed by atoms with Crippen molar-refractivity contribution in [1.29, 1.82) is 0 Å². The van der Waals surface area contributed by atoms with Crippen molar-refractivity contribution in [3.8, 4) is 0 Å². The van der Waals surface area contributed by atoms with Gasteiger partial charge in [0, 0.05) is 71.7 Å². The number of piperazine rings is 1. The van der Waals surface area contributed by atoms with Crippen molar-refractivity contribution in [2.45, 2.75) is 39.0 Å². The number of aliphatic hydroxyl groups is 1. The van der Waals surface area contributed by atoms with E-state index in [9.17, 15) is 18.3 Å². The van der Waals surface area contributed by atoms with Gasteiger partial charge in [-0.2, -0.15) is 13.2 Å². The molecule has 0 radical (unpaired) electrons. The first-order valence-electron chi connectivity index (χ1n) is 10.1. The minimum Gasteiger partial charge on any atom is -0.374 e. The predicted molar refractivity (Wildman–Crippen MR) is 107 cm³/mol. The molecule has 1 aromatic heterocycles. The third-order valence-electron chi connectivity index (χ3n) is 5.03. The number of imidazole rings is 1. The van der Waals surface area contributed by atoms with Gasteiger partial charge in [-0.15, -0.1) is 0 Å². The van der Waals surface area contributed by atoms with Gasteiger partial charge in [-0.05, 0) is 12.8 Å². The number of halogens is 3. The molecule has 1 unspecified atom stereocenters. The molecule has 1 saturated heterocycles. The van der Waals surface area contributed by atoms with E-state index in [1.807, 2.05) is 6.92 Å². The molecule has 1 aliphatic heterocycles. The van der Waals surface area contributed by atoms with Gasteiger partial charge >= 0.3 is 6.18 Å². The Labute approximate surface area is 170 Å². The highest BCUT2D eigenvalue weighted by Crippen LogP contribution is 2.40. The van der Waals surface area contributed by atoms with Crippen molar-refractivity contribution in [2.75, 3.05) is 45.8 Å². The molecular weight excluding hydrogens is 385 g/mol. The molecule has 166 valence electrons. The van der Waals surface area contributed by atoms with Gasteiger partial charge in [0.15, 0.2) is 5.96 Å². The summed E-state index contributed by atoms with van der Waals surface area (Å²) < 4.78 is 42.1. The zero-order valence-corrected chi connectivity index (χ0v) is 17.7. The fourth-order valence-electron chi connectivity index (χ4n) is 3.55. The number of aryl methyl sites for hydroxylation is 1. The van der Waals surface area contributed by atoms with E-state index in [2.05, 4.69) is 38.9 Å². The summed E-state index contributed by atoms with van der Waals surface area (Å²) in [5.74, 6) is 0.753. The summed E-state index contributed by atoms with van der Waals surface area (Å²) >= 11 is 0. The van der Waals surface area contributed by atoms with Crippen LogP contribution in [0.1, 0.15) is 33.0 Å². The summed E-state index contributed by atoms with van der Waals surface area (Å²) in [5.41, 5.74) is -3.04. The highest BCUT2D eigenvalue weighted by Gasteiger charge is 2.57. The lowest BCUT2D eigenvalue weighted by Gasteiger charge is -2.37. The van der Waals surface area contributed by atoms with Crippen LogP contribution in [0.2, 0.25) is 0 Å². The molecule has 0 aromatic carbocycles. The Morgan fingerprint density at radius 3 is 2.41 bits per heavy atom. The molecule has 0 amide bonds. The number of aromatic nitrogens is 2. The minimum atomic E-state index is -4.84. The van der Waals surface area contributed by atoms with Gasteiger partial charge in [-0.3, -0.25) is 9.89 Å². The van der Waals surface area contributed by atoms with E-state index < -0.39 is 24.0 Å². The van der Waals surface area contributed by atoms with Gasteiger partial charge in [0.2, 0.25) is 5.60 Å². The van der Waals surface area contributed by atoms with Crippen LogP contribution in [0, 0.1) is 5.92 Å². The van der Waals surface area contributed by atoms with Gasteiger partial charge in [0.05, 0.1) is 0 Å². The van der Waals surface area contributed by atoms with Crippen molar-refractivity contribution in [1.82, 2.24) is 24.7 Å². The van der Waals surface area contributed by atoms with Crippen molar-refractivity contribution in [3.63, 3.8) is 0 Å². The average molecular weight is 419 g/mol. The lowest BCUT2D eigenvalue weighted by Crippen LogP contribution is -2.53. The Morgan fingerprint density at radius 2 is 1.93 bits per heavy atom. The SMILES string of the molecule is CCNC(=NCCC(O)(c1nccn1C)C(F)(F)F)N1CCN(CC(C)C)CC1. The number of guanidine groups is 1. The fraction of sp³-hybridized carbons (Fsp3) is 0.789. The maximum absolute atomic E-state index is 13.6. The molecule has 2 rings (SSSR count). The first-order valence-corrected chi connectivity index (χ1v) is 10.1. The molecule has 0 bridgehead atoms. The third-order valence-corrected chi connectivity index (χ3v) is 5.03. The molecule has 10 heteroatoms. The molecule has 0 saturated carbocycles. The number of hydrogen-bond acceptors (Lipinski definition) is 4. The number of nitrogens with one attached hydrogen (secondary N) is 1. The second kappa shape index (κ2) is 9.80. The van der Waals surface area contributed by atoms with E-state index in [4.69, 9.17) is 0 Å². The van der Waals surface area contributed by atoms with Crippen molar-refractivity contribution >= 4 is 5.96 Å². The topological polar surface area (TPSA) is 68.9 Å². The number of rotatable bonds is 7. The molecule has 29 heavy (non-hydrogen) atoms. The molecule has 2 heterocycles. The van der Waals surface area contributed by atoms with Crippen LogP contribution in [-0.4, -0.2) is 82.4 Å². The van der Waals surface area contributed by atoms with Crippen LogP contribution in [0.25, 0.3) is 0 Å². The summed E-state index contributed by atoms with van der Waals surface area (Å²) in [6.45, 7) is 11.1. The van der Waals surface area contributed by atoms with Crippen molar-refractivity contribution < 1.29 is 18.3 Å². The Bertz CT molecular complexity index is 667. The van der Waals surface area contributed by atoms with Crippen LogP contribution in [0.5, 0.6) is 0 Å². The van der Waals surface area contributed by atoms with E-state index in [1.165, 1.54) is 24.0 Å². The number of hydrogen-bond donors (Lipinski definition) is 2. The first-order chi connectivity index (χ1) is 13.6. The zero-order valence-electron chi connectivity index (χ0n) is 17.7. The summed E-state index contributed by atoms with van der Waals surface area (Å²) in [7, 11) is 1.43. The van der Waals surface area contributed by atoms with E-state index in [0.29, 0.717) is 18.4 Å². The predicted octanol–water partition coefficient (Wildman–Crippen LogP) is 1.80. The summed E-state index contributed by atoms with van der Waals surface area (Å²) in [4.78, 5) is 12.5. The third kappa shape index (κ3) is 5.85. The lowest BCUT2D eigenvalue weighted by atomic mass is 9.98. The highest BCUT2D eigenvalue weighted by molar-refractivity contribution is 5.80. The van der Waals surface area contributed by atoms with Gasteiger partial charge in [0.25, 0.3) is 0 Å². The second-order valence-electron chi connectivity index (χ2n) is 7.89. The van der Waals surface area contributed by atoms with Crippen LogP contribution >= 0.6 is 0 Å². The van der Waals surface area contributed by atoms with Gasteiger partial charge < -0.3 is 19.9 Å². The maximum Gasteiger partial charge on any atom is 0.424 e. The van der Waals surface area contributed by atoms with Crippen molar-refractivity contribution in [2.24, 2.45) is 18.0 Å². The molecule has 2 N–H and O–H groups in total. The molecule has 7 nitrogen and oxygen atoms in total. The second-order valence-corrected chi connectivity index (χ2v) is 7.89. The van der Waals surface area contributed by atoms with Gasteiger partial charge in [0.1, 0.15) is 5.82 Å². The first kappa shape index (κ1) is 23.5. The van der Waals surface area contributed by atoms with E-state index in [-0.39, 0.29) is 6.54 Å². The van der Waals surface area contributed by atoms with E-state index >= 15 is 0 Å². The quantitative estimate of drug-likeness (QED) is 0.522. The Balaban J connectivity index is 2.07. The molecule has 0 spiro atoms. The van der Waals surface area contributed by atoms with Crippen LogP contribution in [0.3, 0.4) is 0 Å². The Hall–Kier alpha value is -1.81. The summed E-state index contributed by atoms with van der Waals surface area (Å²) in [6.07, 6.45) is -2.81. The van der Waals surface area contributed by atoms with E-state index in [1.54, 1.807) is 0 Å². The van der Waals surface area contributed by atoms with Crippen LogP contribution in [-0.2, 0) is 12.6 Å². The summed E-state index contributed by atoms with van der Waals surface area (Å²) in [5, 5.41) is 13.6. The molecule has 0 aliphatic carbocycles. The van der Waals surface area contributed by atoms with Gasteiger partial charge in [-0.1, -0.05) is 13.8 Å². The smallest absolute Gasteiger partial charge is 0.374 e. The van der Waals surface area contributed by atoms with E-state index in [0.717, 1.165) is 32.7 Å². The Morgan fingerprint density at radius 1 is 1.28 bits per heavy atom. The molecule has 1 atom stereocenters.